The first kappa shape index (κ1) is 25.0. The number of halogens is 3. The molecule has 3 nitrogen and oxygen atoms in total. The van der Waals surface area contributed by atoms with E-state index in [1.54, 1.807) is 24.3 Å². The van der Waals surface area contributed by atoms with Gasteiger partial charge >= 0.3 is 5.97 Å². The van der Waals surface area contributed by atoms with Crippen LogP contribution >= 0.6 is 0 Å². The van der Waals surface area contributed by atoms with Crippen molar-refractivity contribution in [3.05, 3.63) is 88.7 Å². The van der Waals surface area contributed by atoms with Gasteiger partial charge in [0, 0.05) is 17.7 Å². The average molecular weight is 483 g/mol. The van der Waals surface area contributed by atoms with E-state index in [1.807, 2.05) is 32.0 Å². The van der Waals surface area contributed by atoms with Crippen molar-refractivity contribution in [2.24, 2.45) is 5.92 Å². The molecule has 1 fully saturated rings. The summed E-state index contributed by atoms with van der Waals surface area (Å²) >= 11 is 0. The van der Waals surface area contributed by atoms with Gasteiger partial charge in [-0.15, -0.1) is 0 Å². The van der Waals surface area contributed by atoms with Crippen molar-refractivity contribution < 1.29 is 27.4 Å². The number of rotatable bonds is 7. The van der Waals surface area contributed by atoms with Crippen LogP contribution in [-0.4, -0.2) is 12.6 Å². The molecule has 0 aliphatic heterocycles. The van der Waals surface area contributed by atoms with Crippen molar-refractivity contribution >= 4 is 5.97 Å². The Balaban J connectivity index is 1.37. The third-order valence-electron chi connectivity index (χ3n) is 6.69. The van der Waals surface area contributed by atoms with Crippen LogP contribution in [0.4, 0.5) is 13.2 Å². The maximum absolute atomic E-state index is 14.7. The molecule has 6 heteroatoms. The number of aryl methyl sites for hydroxylation is 1. The molecule has 184 valence electrons. The molecule has 0 unspecified atom stereocenters. The zero-order valence-electron chi connectivity index (χ0n) is 20.0. The smallest absolute Gasteiger partial charge is 0.314 e. The van der Waals surface area contributed by atoms with Crippen molar-refractivity contribution in [1.82, 2.24) is 0 Å². The highest BCUT2D eigenvalue weighted by Gasteiger charge is 2.30. The molecule has 0 bridgehead atoms. The number of esters is 1. The number of carbonyl (C=O) groups excluding carboxylic acids is 1. The summed E-state index contributed by atoms with van der Waals surface area (Å²) in [5.74, 6) is -3.75. The summed E-state index contributed by atoms with van der Waals surface area (Å²) in [6.07, 6.45) is 2.45. The van der Waals surface area contributed by atoms with Crippen LogP contribution in [0.5, 0.6) is 5.75 Å². The minimum atomic E-state index is -1.17. The van der Waals surface area contributed by atoms with Gasteiger partial charge in [-0.05, 0) is 74.8 Å². The molecule has 0 spiro atoms. The topological polar surface area (TPSA) is 35.5 Å². The standard InChI is InChI=1S/C29H29F3O3/c1-3-34-17-23-13-12-22(16-25(23)30)19-8-10-21(11-9-19)29(33)35-26-15-14-24(27(31)28(26)32)20-6-4-18(2)5-7-20/h4-7,12-16,19,21H,3,8-11,17H2,1-2H3. The second-order valence-electron chi connectivity index (χ2n) is 9.06. The van der Waals surface area contributed by atoms with Crippen LogP contribution in [0, 0.1) is 30.3 Å². The highest BCUT2D eigenvalue weighted by molar-refractivity contribution is 5.76. The summed E-state index contributed by atoms with van der Waals surface area (Å²) < 4.78 is 54.3. The van der Waals surface area contributed by atoms with Crippen molar-refractivity contribution in [1.29, 1.82) is 0 Å². The molecule has 1 saturated carbocycles. The quantitative estimate of drug-likeness (QED) is 0.258. The molecule has 0 N–H and O–H groups in total. The van der Waals surface area contributed by atoms with Crippen LogP contribution in [0.2, 0.25) is 0 Å². The normalized spacial score (nSPS) is 17.9. The first-order valence-corrected chi connectivity index (χ1v) is 12.0. The Labute approximate surface area is 203 Å². The average Bonchev–Trinajstić information content (AvgIpc) is 2.87. The Kier molecular flexibility index (Phi) is 7.91. The zero-order chi connectivity index (χ0) is 24.9. The first-order chi connectivity index (χ1) is 16.9. The second kappa shape index (κ2) is 11.1. The Morgan fingerprint density at radius 3 is 2.29 bits per heavy atom. The molecule has 0 amide bonds. The molecule has 0 aromatic heterocycles. The highest BCUT2D eigenvalue weighted by atomic mass is 19.2. The zero-order valence-corrected chi connectivity index (χ0v) is 20.0. The maximum Gasteiger partial charge on any atom is 0.314 e. The van der Waals surface area contributed by atoms with Gasteiger partial charge in [0.05, 0.1) is 12.5 Å². The Hall–Kier alpha value is -3.12. The van der Waals surface area contributed by atoms with Gasteiger partial charge in [0.25, 0.3) is 0 Å². The lowest BCUT2D eigenvalue weighted by molar-refractivity contribution is -0.140. The summed E-state index contributed by atoms with van der Waals surface area (Å²) in [4.78, 5) is 12.7. The fourth-order valence-corrected chi connectivity index (χ4v) is 4.57. The summed E-state index contributed by atoms with van der Waals surface area (Å²) in [5.41, 5.74) is 3.09. The number of ether oxygens (including phenoxy) is 2. The molecular formula is C29H29F3O3. The Bertz CT molecular complexity index is 1180. The van der Waals surface area contributed by atoms with E-state index < -0.39 is 29.3 Å². The summed E-state index contributed by atoms with van der Waals surface area (Å²) in [5, 5.41) is 0. The lowest BCUT2D eigenvalue weighted by atomic mass is 9.78. The van der Waals surface area contributed by atoms with Gasteiger partial charge in [0.1, 0.15) is 5.82 Å². The van der Waals surface area contributed by atoms with Gasteiger partial charge in [-0.1, -0.05) is 42.0 Å². The van der Waals surface area contributed by atoms with Gasteiger partial charge in [-0.25, -0.2) is 8.78 Å². The summed E-state index contributed by atoms with van der Waals surface area (Å²) in [6.45, 7) is 4.54. The van der Waals surface area contributed by atoms with Crippen LogP contribution in [0.1, 0.15) is 55.2 Å². The fourth-order valence-electron chi connectivity index (χ4n) is 4.57. The van der Waals surface area contributed by atoms with Gasteiger partial charge in [-0.3, -0.25) is 4.79 Å². The molecule has 1 aliphatic rings. The number of carbonyl (C=O) groups is 1. The molecule has 3 aromatic rings. The Morgan fingerprint density at radius 1 is 0.914 bits per heavy atom. The lowest BCUT2D eigenvalue weighted by Gasteiger charge is -2.27. The third kappa shape index (κ3) is 5.76. The third-order valence-corrected chi connectivity index (χ3v) is 6.69. The monoisotopic (exact) mass is 482 g/mol. The molecule has 0 radical (unpaired) electrons. The molecular weight excluding hydrogens is 453 g/mol. The van der Waals surface area contributed by atoms with E-state index in [-0.39, 0.29) is 23.9 Å². The van der Waals surface area contributed by atoms with Gasteiger partial charge in [-0.2, -0.15) is 4.39 Å². The van der Waals surface area contributed by atoms with Crippen LogP contribution in [0.25, 0.3) is 11.1 Å². The van der Waals surface area contributed by atoms with E-state index in [0.717, 1.165) is 11.1 Å². The van der Waals surface area contributed by atoms with Gasteiger partial charge in [0.2, 0.25) is 5.82 Å². The van der Waals surface area contributed by atoms with Crippen molar-refractivity contribution in [3.8, 4) is 16.9 Å². The van der Waals surface area contributed by atoms with Crippen molar-refractivity contribution in [3.63, 3.8) is 0 Å². The van der Waals surface area contributed by atoms with E-state index in [9.17, 15) is 18.0 Å². The minimum Gasteiger partial charge on any atom is -0.423 e. The molecule has 35 heavy (non-hydrogen) atoms. The van der Waals surface area contributed by atoms with Crippen LogP contribution in [-0.2, 0) is 16.1 Å². The minimum absolute atomic E-state index is 0.113. The molecule has 0 heterocycles. The summed E-state index contributed by atoms with van der Waals surface area (Å²) in [7, 11) is 0. The highest BCUT2D eigenvalue weighted by Crippen LogP contribution is 2.37. The van der Waals surface area contributed by atoms with Gasteiger partial charge < -0.3 is 9.47 Å². The van der Waals surface area contributed by atoms with Gasteiger partial charge in [0.15, 0.2) is 11.6 Å². The molecule has 4 rings (SSSR count). The van der Waals surface area contributed by atoms with Crippen molar-refractivity contribution in [2.75, 3.05) is 6.61 Å². The number of hydrogen-bond acceptors (Lipinski definition) is 3. The van der Waals surface area contributed by atoms with E-state index in [1.165, 1.54) is 12.1 Å². The van der Waals surface area contributed by atoms with Crippen LogP contribution in [0.15, 0.2) is 54.6 Å². The van der Waals surface area contributed by atoms with Crippen molar-refractivity contribution in [2.45, 2.75) is 52.1 Å². The van der Waals surface area contributed by atoms with E-state index in [2.05, 4.69) is 0 Å². The molecule has 3 aromatic carbocycles. The van der Waals surface area contributed by atoms with Crippen LogP contribution in [0.3, 0.4) is 0 Å². The number of hydrogen-bond donors (Lipinski definition) is 0. The summed E-state index contributed by atoms with van der Waals surface area (Å²) in [6, 6.07) is 15.0. The second-order valence-corrected chi connectivity index (χ2v) is 9.06. The molecule has 1 aliphatic carbocycles. The predicted octanol–water partition coefficient (Wildman–Crippen LogP) is 7.50. The van der Waals surface area contributed by atoms with Crippen LogP contribution < -0.4 is 4.74 Å². The maximum atomic E-state index is 14.7. The fraction of sp³-hybridized carbons (Fsp3) is 0.345. The number of benzene rings is 3. The van der Waals surface area contributed by atoms with E-state index in [4.69, 9.17) is 9.47 Å². The molecule has 0 atom stereocenters. The van der Waals surface area contributed by atoms with E-state index >= 15 is 0 Å². The largest absolute Gasteiger partial charge is 0.423 e. The predicted molar refractivity (Wildman–Crippen MR) is 129 cm³/mol. The Morgan fingerprint density at radius 2 is 1.63 bits per heavy atom. The SMILES string of the molecule is CCOCc1ccc(C2CCC(C(=O)Oc3ccc(-c4ccc(C)cc4)c(F)c3F)CC2)cc1F. The first-order valence-electron chi connectivity index (χ1n) is 12.0. The molecule has 0 saturated heterocycles. The van der Waals surface area contributed by atoms with E-state index in [0.29, 0.717) is 43.4 Å². The lowest BCUT2D eigenvalue weighted by Crippen LogP contribution is -2.25.